The molecular weight excluding hydrogens is 421 g/mol. The van der Waals surface area contributed by atoms with Crippen LogP contribution < -0.4 is 16.2 Å². The molecule has 0 radical (unpaired) electrons. The van der Waals surface area contributed by atoms with E-state index in [-0.39, 0.29) is 11.0 Å². The Bertz CT molecular complexity index is 974. The van der Waals surface area contributed by atoms with Crippen molar-refractivity contribution in [2.24, 2.45) is 0 Å². The second-order valence-electron chi connectivity index (χ2n) is 4.90. The molecule has 0 saturated carbocycles. The van der Waals surface area contributed by atoms with E-state index in [1.54, 1.807) is 18.2 Å². The van der Waals surface area contributed by atoms with Gasteiger partial charge in [-0.15, -0.1) is 11.3 Å². The van der Waals surface area contributed by atoms with E-state index in [2.05, 4.69) is 16.2 Å². The first kappa shape index (κ1) is 18.2. The molecule has 0 bridgehead atoms. The number of carbonyl (C=O) groups excluding carboxylic acids is 1. The SMILES string of the molecule is O=C(NNC(=S)Nc1ccc(Cl)c(Cl)c1)c1sc2ccccc2c1Cl. The van der Waals surface area contributed by atoms with Crippen LogP contribution in [0.3, 0.4) is 0 Å². The largest absolute Gasteiger partial charge is 0.331 e. The zero-order valence-corrected chi connectivity index (χ0v) is 16.3. The highest BCUT2D eigenvalue weighted by Gasteiger charge is 2.16. The molecule has 0 fully saturated rings. The number of thiocarbonyl (C=S) groups is 1. The third-order valence-electron chi connectivity index (χ3n) is 3.21. The maximum absolute atomic E-state index is 12.3. The fourth-order valence-corrected chi connectivity index (χ4v) is 3.95. The second kappa shape index (κ2) is 7.76. The molecule has 1 aromatic heterocycles. The first-order valence-corrected chi connectivity index (χ1v) is 9.31. The van der Waals surface area contributed by atoms with Crippen LogP contribution in [0.5, 0.6) is 0 Å². The molecule has 3 rings (SSSR count). The second-order valence-corrected chi connectivity index (χ2v) is 7.56. The van der Waals surface area contributed by atoms with Gasteiger partial charge in [-0.3, -0.25) is 15.6 Å². The van der Waals surface area contributed by atoms with Crippen molar-refractivity contribution in [3.8, 4) is 0 Å². The van der Waals surface area contributed by atoms with Crippen molar-refractivity contribution < 1.29 is 4.79 Å². The summed E-state index contributed by atoms with van der Waals surface area (Å²) in [7, 11) is 0. The van der Waals surface area contributed by atoms with E-state index in [1.807, 2.05) is 24.3 Å². The molecule has 4 nitrogen and oxygen atoms in total. The van der Waals surface area contributed by atoms with Gasteiger partial charge in [0.15, 0.2) is 5.11 Å². The summed E-state index contributed by atoms with van der Waals surface area (Å²) in [4.78, 5) is 12.7. The molecule has 0 spiro atoms. The van der Waals surface area contributed by atoms with Crippen molar-refractivity contribution in [1.82, 2.24) is 10.9 Å². The zero-order valence-electron chi connectivity index (χ0n) is 12.4. The molecule has 1 amide bonds. The number of halogens is 3. The lowest BCUT2D eigenvalue weighted by Crippen LogP contribution is -2.43. The Morgan fingerprint density at radius 2 is 1.76 bits per heavy atom. The number of hydrogen-bond acceptors (Lipinski definition) is 3. The van der Waals surface area contributed by atoms with Crippen molar-refractivity contribution in [3.05, 3.63) is 62.4 Å². The third-order valence-corrected chi connectivity index (χ3v) is 5.83. The number of fused-ring (bicyclic) bond motifs is 1. The minimum atomic E-state index is -0.371. The van der Waals surface area contributed by atoms with Crippen molar-refractivity contribution in [2.45, 2.75) is 0 Å². The van der Waals surface area contributed by atoms with Gasteiger partial charge < -0.3 is 5.32 Å². The molecule has 9 heteroatoms. The van der Waals surface area contributed by atoms with Gasteiger partial charge in [-0.05, 0) is 36.5 Å². The van der Waals surface area contributed by atoms with Crippen LogP contribution in [-0.4, -0.2) is 11.0 Å². The highest BCUT2D eigenvalue weighted by atomic mass is 35.5. The number of anilines is 1. The topological polar surface area (TPSA) is 53.2 Å². The normalized spacial score (nSPS) is 10.5. The smallest absolute Gasteiger partial charge is 0.281 e. The summed E-state index contributed by atoms with van der Waals surface area (Å²) in [6, 6.07) is 12.5. The molecular formula is C16H10Cl3N3OS2. The number of thiophene rings is 1. The van der Waals surface area contributed by atoms with Gasteiger partial charge in [0, 0.05) is 15.8 Å². The van der Waals surface area contributed by atoms with Crippen molar-refractivity contribution >= 4 is 85.2 Å². The summed E-state index contributed by atoms with van der Waals surface area (Å²) < 4.78 is 0.939. The summed E-state index contributed by atoms with van der Waals surface area (Å²) >= 11 is 24.5. The zero-order chi connectivity index (χ0) is 18.0. The maximum Gasteiger partial charge on any atom is 0.281 e. The lowest BCUT2D eigenvalue weighted by atomic mass is 10.2. The van der Waals surface area contributed by atoms with Crippen LogP contribution in [0.15, 0.2) is 42.5 Å². The Morgan fingerprint density at radius 1 is 1.00 bits per heavy atom. The summed E-state index contributed by atoms with van der Waals surface area (Å²) in [5, 5.41) is 5.19. The lowest BCUT2D eigenvalue weighted by Gasteiger charge is -2.11. The molecule has 0 aliphatic carbocycles. The van der Waals surface area contributed by atoms with E-state index in [4.69, 9.17) is 47.0 Å². The minimum Gasteiger partial charge on any atom is -0.331 e. The molecule has 25 heavy (non-hydrogen) atoms. The van der Waals surface area contributed by atoms with Crippen molar-refractivity contribution in [3.63, 3.8) is 0 Å². The average Bonchev–Trinajstić information content (AvgIpc) is 2.93. The van der Waals surface area contributed by atoms with Crippen LogP contribution in [0, 0.1) is 0 Å². The standard InChI is InChI=1S/C16H10Cl3N3OS2/c17-10-6-5-8(7-11(10)18)20-16(24)22-21-15(23)14-13(19)9-3-1-2-4-12(9)25-14/h1-7H,(H,21,23)(H2,20,22,24). The summed E-state index contributed by atoms with van der Waals surface area (Å²) in [5.74, 6) is -0.371. The monoisotopic (exact) mass is 429 g/mol. The van der Waals surface area contributed by atoms with Crippen molar-refractivity contribution in [1.29, 1.82) is 0 Å². The molecule has 128 valence electrons. The van der Waals surface area contributed by atoms with E-state index in [9.17, 15) is 4.79 Å². The molecule has 1 heterocycles. The van der Waals surface area contributed by atoms with E-state index < -0.39 is 0 Å². The quantitative estimate of drug-likeness (QED) is 0.371. The van der Waals surface area contributed by atoms with Crippen LogP contribution in [0.2, 0.25) is 15.1 Å². The highest BCUT2D eigenvalue weighted by molar-refractivity contribution is 7.80. The fourth-order valence-electron chi connectivity index (χ4n) is 2.07. The number of amides is 1. The first-order chi connectivity index (χ1) is 12.0. The van der Waals surface area contributed by atoms with Gasteiger partial charge in [-0.1, -0.05) is 53.0 Å². The molecule has 0 aliphatic rings. The molecule has 0 aliphatic heterocycles. The molecule has 2 aromatic carbocycles. The Labute approximate surface area is 168 Å². The summed E-state index contributed by atoms with van der Waals surface area (Å²) in [6.45, 7) is 0. The fraction of sp³-hybridized carbons (Fsp3) is 0. The van der Waals surface area contributed by atoms with E-state index in [1.165, 1.54) is 11.3 Å². The predicted molar refractivity (Wildman–Crippen MR) is 110 cm³/mol. The summed E-state index contributed by atoms with van der Waals surface area (Å²) in [6.07, 6.45) is 0. The Morgan fingerprint density at radius 3 is 2.48 bits per heavy atom. The molecule has 0 unspecified atom stereocenters. The van der Waals surface area contributed by atoms with Gasteiger partial charge in [0.2, 0.25) is 0 Å². The molecule has 0 atom stereocenters. The van der Waals surface area contributed by atoms with Crippen molar-refractivity contribution in [2.75, 3.05) is 5.32 Å². The van der Waals surface area contributed by atoms with Crippen LogP contribution in [0.1, 0.15) is 9.67 Å². The number of rotatable bonds is 2. The van der Waals surface area contributed by atoms with Gasteiger partial charge in [0.25, 0.3) is 5.91 Å². The number of carbonyl (C=O) groups is 1. The number of nitrogens with one attached hydrogen (secondary N) is 3. The van der Waals surface area contributed by atoms with Crippen LogP contribution in [-0.2, 0) is 0 Å². The van der Waals surface area contributed by atoms with E-state index in [0.29, 0.717) is 25.6 Å². The lowest BCUT2D eigenvalue weighted by molar-refractivity contribution is 0.0948. The summed E-state index contributed by atoms with van der Waals surface area (Å²) in [5.41, 5.74) is 5.79. The average molecular weight is 431 g/mol. The first-order valence-electron chi connectivity index (χ1n) is 6.95. The van der Waals surface area contributed by atoms with Gasteiger partial charge in [-0.2, -0.15) is 0 Å². The van der Waals surface area contributed by atoms with Gasteiger partial charge in [0.1, 0.15) is 4.88 Å². The van der Waals surface area contributed by atoms with Crippen LogP contribution in [0.25, 0.3) is 10.1 Å². The third kappa shape index (κ3) is 4.16. The minimum absolute atomic E-state index is 0.198. The number of benzene rings is 2. The van der Waals surface area contributed by atoms with Gasteiger partial charge in [-0.25, -0.2) is 0 Å². The van der Waals surface area contributed by atoms with E-state index >= 15 is 0 Å². The van der Waals surface area contributed by atoms with Crippen LogP contribution in [0.4, 0.5) is 5.69 Å². The number of hydrazine groups is 1. The van der Waals surface area contributed by atoms with Gasteiger partial charge in [0.05, 0.1) is 15.1 Å². The Balaban J connectivity index is 1.64. The van der Waals surface area contributed by atoms with E-state index in [0.717, 1.165) is 10.1 Å². The Hall–Kier alpha value is -1.57. The van der Waals surface area contributed by atoms with Crippen LogP contribution >= 0.6 is 58.4 Å². The molecule has 3 N–H and O–H groups in total. The predicted octanol–water partition coefficient (Wildman–Crippen LogP) is 5.49. The highest BCUT2D eigenvalue weighted by Crippen LogP contribution is 2.34. The molecule has 3 aromatic rings. The number of hydrogen-bond donors (Lipinski definition) is 3. The molecule has 0 saturated heterocycles. The Kier molecular flexibility index (Phi) is 5.66. The van der Waals surface area contributed by atoms with Gasteiger partial charge >= 0.3 is 0 Å². The maximum atomic E-state index is 12.3.